The summed E-state index contributed by atoms with van der Waals surface area (Å²) in [5, 5.41) is 8.33. The van der Waals surface area contributed by atoms with Crippen molar-refractivity contribution in [1.29, 1.82) is 0 Å². The predicted molar refractivity (Wildman–Crippen MR) is 91.9 cm³/mol. The summed E-state index contributed by atoms with van der Waals surface area (Å²) < 4.78 is 11.7. The molecule has 0 unspecified atom stereocenters. The van der Waals surface area contributed by atoms with Gasteiger partial charge in [-0.15, -0.1) is 10.2 Å². The van der Waals surface area contributed by atoms with Crippen molar-refractivity contribution in [3.8, 4) is 11.5 Å². The fourth-order valence-corrected chi connectivity index (χ4v) is 3.03. The number of ether oxygens (including phenoxy) is 1. The molecule has 0 spiro atoms. The molecule has 0 bridgehead atoms. The lowest BCUT2D eigenvalue weighted by Gasteiger charge is -2.32. The first-order valence-corrected chi connectivity index (χ1v) is 8.49. The van der Waals surface area contributed by atoms with E-state index < -0.39 is 0 Å². The third-order valence-electron chi connectivity index (χ3n) is 4.24. The van der Waals surface area contributed by atoms with Gasteiger partial charge in [0.1, 0.15) is 11.9 Å². The zero-order valence-electron chi connectivity index (χ0n) is 14.8. The molecule has 130 valence electrons. The number of rotatable bonds is 5. The Balaban J connectivity index is 1.75. The van der Waals surface area contributed by atoms with E-state index in [0.717, 1.165) is 37.6 Å². The first-order chi connectivity index (χ1) is 11.6. The van der Waals surface area contributed by atoms with E-state index in [1.807, 2.05) is 12.1 Å². The minimum absolute atomic E-state index is 0.152. The number of morpholine rings is 1. The van der Waals surface area contributed by atoms with E-state index in [9.17, 15) is 0 Å². The van der Waals surface area contributed by atoms with Crippen molar-refractivity contribution in [2.24, 2.45) is 0 Å². The van der Waals surface area contributed by atoms with E-state index in [2.05, 4.69) is 52.8 Å². The summed E-state index contributed by atoms with van der Waals surface area (Å²) in [7, 11) is 2.07. The van der Waals surface area contributed by atoms with Gasteiger partial charge in [-0.25, -0.2) is 4.98 Å². The maximum Gasteiger partial charge on any atom is 0.249 e. The first-order valence-electron chi connectivity index (χ1n) is 8.49. The van der Waals surface area contributed by atoms with Crippen LogP contribution in [-0.4, -0.2) is 59.4 Å². The van der Waals surface area contributed by atoms with Gasteiger partial charge in [-0.2, -0.15) is 0 Å². The van der Waals surface area contributed by atoms with Crippen LogP contribution in [0.2, 0.25) is 0 Å². The fraction of sp³-hybridized carbons (Fsp3) is 0.588. The van der Waals surface area contributed by atoms with Gasteiger partial charge >= 0.3 is 0 Å². The van der Waals surface area contributed by atoms with Gasteiger partial charge in [-0.3, -0.25) is 0 Å². The summed E-state index contributed by atoms with van der Waals surface area (Å²) in [5.74, 6) is 1.96. The SMILES string of the molecule is CCN(CC)c1ccc(-c2nnc([C@H]3CN(C)C[C@@H](C)O3)o2)cn1. The maximum absolute atomic E-state index is 5.91. The summed E-state index contributed by atoms with van der Waals surface area (Å²) >= 11 is 0. The molecule has 0 aliphatic carbocycles. The zero-order chi connectivity index (χ0) is 17.1. The molecule has 3 rings (SSSR count). The van der Waals surface area contributed by atoms with E-state index in [1.165, 1.54) is 0 Å². The molecule has 1 aliphatic heterocycles. The van der Waals surface area contributed by atoms with Crippen LogP contribution in [0, 0.1) is 0 Å². The molecule has 0 saturated carbocycles. The minimum Gasteiger partial charge on any atom is -0.418 e. The Bertz CT molecular complexity index is 643. The number of aromatic nitrogens is 3. The number of pyridine rings is 1. The van der Waals surface area contributed by atoms with Gasteiger partial charge in [0.05, 0.1) is 11.7 Å². The number of hydrogen-bond donors (Lipinski definition) is 0. The second kappa shape index (κ2) is 7.27. The van der Waals surface area contributed by atoms with Crippen molar-refractivity contribution < 1.29 is 9.15 Å². The molecule has 0 N–H and O–H groups in total. The quantitative estimate of drug-likeness (QED) is 0.833. The Hall–Kier alpha value is -1.99. The molecule has 2 aromatic heterocycles. The average molecular weight is 331 g/mol. The molecule has 2 aromatic rings. The van der Waals surface area contributed by atoms with Crippen LogP contribution < -0.4 is 4.90 Å². The molecule has 1 saturated heterocycles. The number of hydrogen-bond acceptors (Lipinski definition) is 7. The summed E-state index contributed by atoms with van der Waals surface area (Å²) in [4.78, 5) is 8.90. The van der Waals surface area contributed by atoms with Gasteiger partial charge in [0.2, 0.25) is 11.8 Å². The number of likely N-dealkylation sites (N-methyl/N-ethyl adjacent to an activating group) is 1. The summed E-state index contributed by atoms with van der Waals surface area (Å²) in [6.45, 7) is 9.81. The normalized spacial score (nSPS) is 21.8. The largest absolute Gasteiger partial charge is 0.418 e. The van der Waals surface area contributed by atoms with E-state index in [1.54, 1.807) is 6.20 Å². The Kier molecular flexibility index (Phi) is 5.11. The lowest BCUT2D eigenvalue weighted by molar-refractivity contribution is -0.0821. The molecule has 0 aromatic carbocycles. The Labute approximate surface area is 142 Å². The van der Waals surface area contributed by atoms with Crippen LogP contribution >= 0.6 is 0 Å². The number of anilines is 1. The molecule has 0 amide bonds. The molecule has 7 heteroatoms. The molecule has 0 radical (unpaired) electrons. The highest BCUT2D eigenvalue weighted by Gasteiger charge is 2.28. The lowest BCUT2D eigenvalue weighted by atomic mass is 10.2. The molecule has 2 atom stereocenters. The van der Waals surface area contributed by atoms with Crippen LogP contribution in [0.25, 0.3) is 11.5 Å². The van der Waals surface area contributed by atoms with Crippen molar-refractivity contribution in [1.82, 2.24) is 20.1 Å². The molecule has 1 aliphatic rings. The summed E-state index contributed by atoms with van der Waals surface area (Å²) in [6.07, 6.45) is 1.75. The van der Waals surface area contributed by atoms with Crippen molar-refractivity contribution in [2.45, 2.75) is 33.0 Å². The Morgan fingerprint density at radius 3 is 2.62 bits per heavy atom. The highest BCUT2D eigenvalue weighted by atomic mass is 16.5. The predicted octanol–water partition coefficient (Wildman–Crippen LogP) is 2.37. The molecule has 1 fully saturated rings. The van der Waals surface area contributed by atoms with Gasteiger partial charge in [0, 0.05) is 32.4 Å². The van der Waals surface area contributed by atoms with Crippen molar-refractivity contribution >= 4 is 5.82 Å². The number of nitrogens with zero attached hydrogens (tertiary/aromatic N) is 5. The summed E-state index contributed by atoms with van der Waals surface area (Å²) in [6, 6.07) is 3.95. The van der Waals surface area contributed by atoms with Crippen molar-refractivity contribution in [3.63, 3.8) is 0 Å². The minimum atomic E-state index is -0.178. The fourth-order valence-electron chi connectivity index (χ4n) is 3.03. The molecular formula is C17H25N5O2. The molecule has 24 heavy (non-hydrogen) atoms. The van der Waals surface area contributed by atoms with Crippen LogP contribution in [0.1, 0.15) is 32.8 Å². The smallest absolute Gasteiger partial charge is 0.249 e. The van der Waals surface area contributed by atoms with Gasteiger partial charge in [-0.05, 0) is 40.0 Å². The van der Waals surface area contributed by atoms with Crippen molar-refractivity contribution in [3.05, 3.63) is 24.2 Å². The maximum atomic E-state index is 5.91. The molecular weight excluding hydrogens is 306 g/mol. The summed E-state index contributed by atoms with van der Waals surface area (Å²) in [5.41, 5.74) is 0.821. The average Bonchev–Trinajstić information content (AvgIpc) is 3.06. The van der Waals surface area contributed by atoms with E-state index in [4.69, 9.17) is 9.15 Å². The van der Waals surface area contributed by atoms with Gasteiger partial charge < -0.3 is 19.0 Å². The first kappa shape index (κ1) is 16.9. The van der Waals surface area contributed by atoms with E-state index in [0.29, 0.717) is 11.8 Å². The second-order valence-corrected chi connectivity index (χ2v) is 6.18. The van der Waals surface area contributed by atoms with Crippen LogP contribution in [0.3, 0.4) is 0 Å². The van der Waals surface area contributed by atoms with Gasteiger partial charge in [-0.1, -0.05) is 0 Å². The standard InChI is InChI=1S/C17H25N5O2/c1-5-22(6-2)15-8-7-13(9-18-15)16-19-20-17(24-16)14-11-21(4)10-12(3)23-14/h7-9,12,14H,5-6,10-11H2,1-4H3/t12-,14-/m1/s1. The third-order valence-corrected chi connectivity index (χ3v) is 4.24. The molecule has 3 heterocycles. The topological polar surface area (TPSA) is 67.5 Å². The monoisotopic (exact) mass is 331 g/mol. The highest BCUT2D eigenvalue weighted by molar-refractivity contribution is 5.54. The third kappa shape index (κ3) is 3.57. The van der Waals surface area contributed by atoms with E-state index in [-0.39, 0.29) is 12.2 Å². The van der Waals surface area contributed by atoms with Crippen LogP contribution in [-0.2, 0) is 4.74 Å². The lowest BCUT2D eigenvalue weighted by Crippen LogP contribution is -2.40. The van der Waals surface area contributed by atoms with E-state index >= 15 is 0 Å². The molecule has 7 nitrogen and oxygen atoms in total. The van der Waals surface area contributed by atoms with Crippen molar-refractivity contribution in [2.75, 3.05) is 38.1 Å². The second-order valence-electron chi connectivity index (χ2n) is 6.18. The highest BCUT2D eigenvalue weighted by Crippen LogP contribution is 2.26. The Morgan fingerprint density at radius 2 is 2.00 bits per heavy atom. The van der Waals surface area contributed by atoms with Crippen LogP contribution in [0.15, 0.2) is 22.7 Å². The Morgan fingerprint density at radius 1 is 1.21 bits per heavy atom. The van der Waals surface area contributed by atoms with Crippen LogP contribution in [0.5, 0.6) is 0 Å². The zero-order valence-corrected chi connectivity index (χ0v) is 14.8. The van der Waals surface area contributed by atoms with Gasteiger partial charge in [0.25, 0.3) is 0 Å². The van der Waals surface area contributed by atoms with Crippen LogP contribution in [0.4, 0.5) is 5.82 Å². The van der Waals surface area contributed by atoms with Gasteiger partial charge in [0.15, 0.2) is 0 Å².